The zero-order valence-electron chi connectivity index (χ0n) is 7.55. The third kappa shape index (κ3) is 1.96. The smallest absolute Gasteiger partial charge is 0.229 e. The molecule has 0 bridgehead atoms. The van der Waals surface area contributed by atoms with Crippen LogP contribution in [0.25, 0.3) is 5.03 Å². The Morgan fingerprint density at radius 3 is 2.79 bits per heavy atom. The number of pyridine rings is 1. The quantitative estimate of drug-likeness (QED) is 0.793. The third-order valence-corrected chi connectivity index (χ3v) is 2.52. The van der Waals surface area contributed by atoms with E-state index in [1.807, 2.05) is 0 Å². The molecule has 1 aromatic rings. The summed E-state index contributed by atoms with van der Waals surface area (Å²) in [6.07, 6.45) is 1.54. The lowest BCUT2D eigenvalue weighted by Gasteiger charge is -2.08. The van der Waals surface area contributed by atoms with E-state index in [2.05, 4.69) is 39.2 Å². The summed E-state index contributed by atoms with van der Waals surface area (Å²) in [5.74, 6) is 0.439. The Morgan fingerprint density at radius 1 is 1.71 bits per heavy atom. The van der Waals surface area contributed by atoms with Gasteiger partial charge in [-0.05, 0) is 22.6 Å². The van der Waals surface area contributed by atoms with E-state index in [0.29, 0.717) is 26.6 Å². The summed E-state index contributed by atoms with van der Waals surface area (Å²) < 4.78 is 5.62. The van der Waals surface area contributed by atoms with E-state index >= 15 is 0 Å². The number of hydrogen-bond donors (Lipinski definition) is 0. The highest BCUT2D eigenvalue weighted by molar-refractivity contribution is 9.10. The monoisotopic (exact) mass is 274 g/mol. The fraction of sp³-hybridized carbons (Fsp3) is 0.111. The molecule has 0 aliphatic heterocycles. The molecule has 1 heterocycles. The molecule has 0 aliphatic carbocycles. The molecule has 0 N–H and O–H groups in total. The highest BCUT2D eigenvalue weighted by Crippen LogP contribution is 2.38. The second kappa shape index (κ2) is 4.57. The van der Waals surface area contributed by atoms with E-state index in [0.717, 1.165) is 0 Å². The minimum absolute atomic E-state index is 0.364. The number of rotatable bonds is 3. The van der Waals surface area contributed by atoms with Crippen molar-refractivity contribution in [1.29, 1.82) is 0 Å². The van der Waals surface area contributed by atoms with Crippen LogP contribution < -0.4 is 4.74 Å². The predicted molar refractivity (Wildman–Crippen MR) is 62.6 cm³/mol. The largest absolute Gasteiger partial charge is 0.480 e. The van der Waals surface area contributed by atoms with Crippen molar-refractivity contribution in [3.63, 3.8) is 0 Å². The van der Waals surface area contributed by atoms with Crippen LogP contribution in [-0.2, 0) is 0 Å². The van der Waals surface area contributed by atoms with Crippen molar-refractivity contribution in [2.45, 2.75) is 0 Å². The van der Waals surface area contributed by atoms with Gasteiger partial charge in [0.2, 0.25) is 5.88 Å². The van der Waals surface area contributed by atoms with Crippen molar-refractivity contribution in [1.82, 2.24) is 4.98 Å². The van der Waals surface area contributed by atoms with Gasteiger partial charge in [-0.2, -0.15) is 0 Å². The summed E-state index contributed by atoms with van der Waals surface area (Å²) in [5, 5.41) is 0.364. The van der Waals surface area contributed by atoms with Gasteiger partial charge in [-0.3, -0.25) is 4.99 Å². The van der Waals surface area contributed by atoms with E-state index in [1.165, 1.54) is 7.11 Å². The second-order valence-corrected chi connectivity index (χ2v) is 3.66. The van der Waals surface area contributed by atoms with Crippen LogP contribution in [-0.4, -0.2) is 18.8 Å². The molecule has 0 fully saturated rings. The minimum atomic E-state index is 0.364. The summed E-state index contributed by atoms with van der Waals surface area (Å²) in [4.78, 5) is 7.86. The average Bonchev–Trinajstić information content (AvgIpc) is 2.17. The molecule has 0 atom stereocenters. The van der Waals surface area contributed by atoms with Crippen LogP contribution in [0.2, 0.25) is 0 Å². The number of methoxy groups -OCH3 is 1. The van der Waals surface area contributed by atoms with Gasteiger partial charge < -0.3 is 4.74 Å². The van der Waals surface area contributed by atoms with Crippen LogP contribution in [0.3, 0.4) is 0 Å². The normalized spacial score (nSPS) is 9.64. The second-order valence-electron chi connectivity index (χ2n) is 2.41. The van der Waals surface area contributed by atoms with Crippen molar-refractivity contribution < 1.29 is 4.74 Å². The van der Waals surface area contributed by atoms with Crippen molar-refractivity contribution in [2.24, 2.45) is 4.99 Å². The summed E-state index contributed by atoms with van der Waals surface area (Å²) in [5.41, 5.74) is 1.21. The number of ether oxygens (including phenoxy) is 1. The molecule has 0 unspecified atom stereocenters. The zero-order valence-corrected chi connectivity index (χ0v) is 9.89. The van der Waals surface area contributed by atoms with Crippen LogP contribution in [0.5, 0.6) is 5.88 Å². The number of hydrogen-bond acceptors (Lipinski definition) is 3. The van der Waals surface area contributed by atoms with Crippen molar-refractivity contribution in [3.05, 3.63) is 22.8 Å². The predicted octanol–water partition coefficient (Wildman–Crippen LogP) is 3.39. The molecule has 14 heavy (non-hydrogen) atoms. The molecule has 0 radical (unpaired) electrons. The maximum atomic E-state index is 5.77. The molecule has 0 aromatic carbocycles. The average molecular weight is 276 g/mol. The Hall–Kier alpha value is -0.870. The highest BCUT2D eigenvalue weighted by Gasteiger charge is 2.13. The van der Waals surface area contributed by atoms with Crippen LogP contribution in [0, 0.1) is 0 Å². The van der Waals surface area contributed by atoms with Crippen LogP contribution in [0.15, 0.2) is 22.2 Å². The van der Waals surface area contributed by atoms with Crippen LogP contribution in [0.1, 0.15) is 5.56 Å². The van der Waals surface area contributed by atoms with Gasteiger partial charge in [-0.25, -0.2) is 4.98 Å². The summed E-state index contributed by atoms with van der Waals surface area (Å²) in [6.45, 7) is 7.05. The van der Waals surface area contributed by atoms with Gasteiger partial charge in [0.15, 0.2) is 0 Å². The van der Waals surface area contributed by atoms with Gasteiger partial charge in [0.1, 0.15) is 4.47 Å². The molecule has 0 spiro atoms. The molecule has 3 nitrogen and oxygen atoms in total. The highest BCUT2D eigenvalue weighted by atomic mass is 79.9. The Balaban J connectivity index is 3.43. The van der Waals surface area contributed by atoms with Crippen LogP contribution >= 0.6 is 27.5 Å². The Labute approximate surface area is 95.6 Å². The Morgan fingerprint density at radius 2 is 2.36 bits per heavy atom. The van der Waals surface area contributed by atoms with Crippen molar-refractivity contribution >= 4 is 45.0 Å². The summed E-state index contributed by atoms with van der Waals surface area (Å²) >= 11 is 9.07. The number of aromatic nitrogens is 1. The maximum absolute atomic E-state index is 5.77. The van der Waals surface area contributed by atoms with Gasteiger partial charge in [0.25, 0.3) is 0 Å². The molecule has 0 saturated carbocycles. The van der Waals surface area contributed by atoms with E-state index in [-0.39, 0.29) is 0 Å². The summed E-state index contributed by atoms with van der Waals surface area (Å²) in [6, 6.07) is 0. The fourth-order valence-electron chi connectivity index (χ4n) is 0.956. The third-order valence-electron chi connectivity index (χ3n) is 1.61. The van der Waals surface area contributed by atoms with Crippen LogP contribution in [0.4, 0.5) is 5.69 Å². The van der Waals surface area contributed by atoms with E-state index in [1.54, 1.807) is 6.20 Å². The molecule has 1 rings (SSSR count). The molecule has 0 saturated heterocycles. The van der Waals surface area contributed by atoms with E-state index < -0.39 is 0 Å². The van der Waals surface area contributed by atoms with Gasteiger partial charge in [0.05, 0.1) is 12.8 Å². The molecule has 0 aliphatic rings. The van der Waals surface area contributed by atoms with Gasteiger partial charge in [0, 0.05) is 16.8 Å². The maximum Gasteiger partial charge on any atom is 0.229 e. The Kier molecular flexibility index (Phi) is 3.66. The number of halogens is 2. The Bertz CT molecular complexity index is 393. The van der Waals surface area contributed by atoms with Crippen molar-refractivity contribution in [3.8, 4) is 5.88 Å². The zero-order chi connectivity index (χ0) is 10.7. The molecular formula is C9H8BrClN2O. The molecular weight excluding hydrogens is 267 g/mol. The van der Waals surface area contributed by atoms with E-state index in [4.69, 9.17) is 16.3 Å². The first-order valence-corrected chi connectivity index (χ1v) is 4.83. The first-order chi connectivity index (χ1) is 6.61. The lowest BCUT2D eigenvalue weighted by molar-refractivity contribution is 0.395. The standard InChI is InChI=1S/C9H8BrClN2O/c1-5(11)6-4-13-9(14-3)7(10)8(6)12-2/h4H,1-2H2,3H3. The van der Waals surface area contributed by atoms with Gasteiger partial charge >= 0.3 is 0 Å². The molecule has 1 aromatic heterocycles. The first kappa shape index (κ1) is 11.2. The molecule has 5 heteroatoms. The first-order valence-electron chi connectivity index (χ1n) is 3.65. The van der Waals surface area contributed by atoms with E-state index in [9.17, 15) is 0 Å². The molecule has 74 valence electrons. The number of aliphatic imine (C=N–C) groups is 1. The lowest BCUT2D eigenvalue weighted by Crippen LogP contribution is -1.91. The molecule has 0 amide bonds. The SMILES string of the molecule is C=Nc1c(C(=C)Cl)cnc(OC)c1Br. The topological polar surface area (TPSA) is 34.5 Å². The minimum Gasteiger partial charge on any atom is -0.480 e. The lowest BCUT2D eigenvalue weighted by atomic mass is 10.2. The fourth-order valence-corrected chi connectivity index (χ4v) is 1.70. The summed E-state index contributed by atoms with van der Waals surface area (Å²) in [7, 11) is 1.52. The van der Waals surface area contributed by atoms with Gasteiger partial charge in [-0.15, -0.1) is 0 Å². The van der Waals surface area contributed by atoms with Crippen molar-refractivity contribution in [2.75, 3.05) is 7.11 Å². The number of nitrogens with zero attached hydrogens (tertiary/aromatic N) is 2. The van der Waals surface area contributed by atoms with Gasteiger partial charge in [-0.1, -0.05) is 18.2 Å².